The van der Waals surface area contributed by atoms with E-state index < -0.39 is 0 Å². The number of amides is 1. The Balaban J connectivity index is 2.10. The first-order valence-corrected chi connectivity index (χ1v) is 9.35. The van der Waals surface area contributed by atoms with Crippen LogP contribution in [0.4, 0.5) is 0 Å². The van der Waals surface area contributed by atoms with Crippen LogP contribution >= 0.6 is 11.3 Å². The van der Waals surface area contributed by atoms with E-state index in [0.29, 0.717) is 12.3 Å². The zero-order valence-corrected chi connectivity index (χ0v) is 16.3. The number of hydrogen-bond acceptors (Lipinski definition) is 3. The van der Waals surface area contributed by atoms with Gasteiger partial charge < -0.3 is 5.32 Å². The van der Waals surface area contributed by atoms with Gasteiger partial charge >= 0.3 is 0 Å². The van der Waals surface area contributed by atoms with Gasteiger partial charge in [0.25, 0.3) is 0 Å². The number of aromatic nitrogens is 1. The molecule has 24 heavy (non-hydrogen) atoms. The van der Waals surface area contributed by atoms with Crippen LogP contribution in [0.25, 0.3) is 0 Å². The fourth-order valence-electron chi connectivity index (χ4n) is 2.70. The largest absolute Gasteiger partial charge is 0.349 e. The van der Waals surface area contributed by atoms with E-state index >= 15 is 0 Å². The summed E-state index contributed by atoms with van der Waals surface area (Å²) >= 11 is 1.58. The number of rotatable bonds is 5. The Morgan fingerprint density at radius 3 is 2.29 bits per heavy atom. The Labute approximate surface area is 149 Å². The van der Waals surface area contributed by atoms with Gasteiger partial charge in [0.1, 0.15) is 0 Å². The average molecular weight is 345 g/mol. The summed E-state index contributed by atoms with van der Waals surface area (Å²) in [4.78, 5) is 16.8. The number of hydrogen-bond donors (Lipinski definition) is 1. The lowest BCUT2D eigenvalue weighted by molar-refractivity contribution is -0.121. The summed E-state index contributed by atoms with van der Waals surface area (Å²) in [6.45, 7) is 12.9. The molecule has 3 nitrogen and oxygen atoms in total. The highest BCUT2D eigenvalue weighted by molar-refractivity contribution is 7.09. The standard InChI is InChI=1S/C20H28N2OS/c1-13(2)19(15-7-9-16(10-8-15)20(4,5)6)22-18(23)11-17-12-24-14(3)21-17/h7-10,12-13,19H,11H2,1-6H3,(H,22,23)/t19-/m1/s1. The number of benzene rings is 1. The van der Waals surface area contributed by atoms with Gasteiger partial charge in [-0.05, 0) is 29.4 Å². The third kappa shape index (κ3) is 4.91. The summed E-state index contributed by atoms with van der Waals surface area (Å²) in [5.41, 5.74) is 3.44. The van der Waals surface area contributed by atoms with E-state index in [0.717, 1.165) is 16.3 Å². The number of carbonyl (C=O) groups excluding carboxylic acids is 1. The van der Waals surface area contributed by atoms with Crippen molar-refractivity contribution in [3.63, 3.8) is 0 Å². The van der Waals surface area contributed by atoms with E-state index in [1.54, 1.807) is 11.3 Å². The Bertz CT molecular complexity index is 680. The van der Waals surface area contributed by atoms with Gasteiger partial charge in [0.2, 0.25) is 5.91 Å². The SMILES string of the molecule is Cc1nc(CC(=O)N[C@@H](c2ccc(C(C)(C)C)cc2)C(C)C)cs1. The number of thiazole rings is 1. The molecule has 1 aromatic heterocycles. The fraction of sp³-hybridized carbons (Fsp3) is 0.500. The van der Waals surface area contributed by atoms with E-state index in [4.69, 9.17) is 0 Å². The van der Waals surface area contributed by atoms with E-state index in [-0.39, 0.29) is 17.4 Å². The van der Waals surface area contributed by atoms with Crippen LogP contribution in [-0.4, -0.2) is 10.9 Å². The lowest BCUT2D eigenvalue weighted by atomic mass is 9.85. The normalized spacial score (nSPS) is 13.1. The summed E-state index contributed by atoms with van der Waals surface area (Å²) in [6, 6.07) is 8.63. The van der Waals surface area contributed by atoms with Crippen LogP contribution < -0.4 is 5.32 Å². The molecule has 1 atom stereocenters. The van der Waals surface area contributed by atoms with Crippen molar-refractivity contribution in [2.45, 2.75) is 59.4 Å². The molecule has 2 aromatic rings. The van der Waals surface area contributed by atoms with E-state index in [9.17, 15) is 4.79 Å². The Hall–Kier alpha value is -1.68. The molecular formula is C20H28N2OS. The van der Waals surface area contributed by atoms with Crippen LogP contribution in [0, 0.1) is 12.8 Å². The molecule has 1 aromatic carbocycles. The molecule has 0 saturated carbocycles. The molecule has 1 amide bonds. The first-order valence-electron chi connectivity index (χ1n) is 8.47. The molecule has 2 rings (SSSR count). The molecular weight excluding hydrogens is 316 g/mol. The highest BCUT2D eigenvalue weighted by Crippen LogP contribution is 2.26. The molecule has 4 heteroatoms. The van der Waals surface area contributed by atoms with Crippen molar-refractivity contribution in [2.75, 3.05) is 0 Å². The summed E-state index contributed by atoms with van der Waals surface area (Å²) in [5, 5.41) is 6.13. The van der Waals surface area contributed by atoms with Crippen molar-refractivity contribution >= 4 is 17.2 Å². The molecule has 0 bridgehead atoms. The molecule has 0 spiro atoms. The molecule has 0 aliphatic carbocycles. The van der Waals surface area contributed by atoms with E-state index in [1.807, 2.05) is 12.3 Å². The quantitative estimate of drug-likeness (QED) is 0.846. The minimum Gasteiger partial charge on any atom is -0.349 e. The molecule has 1 N–H and O–H groups in total. The van der Waals surface area contributed by atoms with Crippen molar-refractivity contribution in [2.24, 2.45) is 5.92 Å². The van der Waals surface area contributed by atoms with Crippen LogP contribution in [-0.2, 0) is 16.6 Å². The predicted molar refractivity (Wildman–Crippen MR) is 101 cm³/mol. The minimum atomic E-state index is 0.0197. The van der Waals surface area contributed by atoms with Crippen LogP contribution in [0.1, 0.15) is 62.5 Å². The Morgan fingerprint density at radius 1 is 1.21 bits per heavy atom. The molecule has 130 valence electrons. The molecule has 0 aliphatic rings. The van der Waals surface area contributed by atoms with Gasteiger partial charge in [0.15, 0.2) is 0 Å². The maximum Gasteiger partial charge on any atom is 0.226 e. The highest BCUT2D eigenvalue weighted by Gasteiger charge is 2.20. The molecule has 0 saturated heterocycles. The summed E-state index contributed by atoms with van der Waals surface area (Å²) < 4.78 is 0. The maximum atomic E-state index is 12.4. The Morgan fingerprint density at radius 2 is 1.83 bits per heavy atom. The summed E-state index contributed by atoms with van der Waals surface area (Å²) in [5.74, 6) is 0.352. The predicted octanol–water partition coefficient (Wildman–Crippen LogP) is 4.81. The first-order chi connectivity index (χ1) is 11.2. The molecule has 0 fully saturated rings. The van der Waals surface area contributed by atoms with E-state index in [1.165, 1.54) is 5.56 Å². The van der Waals surface area contributed by atoms with Crippen LogP contribution in [0.2, 0.25) is 0 Å². The highest BCUT2D eigenvalue weighted by atomic mass is 32.1. The first kappa shape index (κ1) is 18.7. The number of aryl methyl sites for hydroxylation is 1. The monoisotopic (exact) mass is 344 g/mol. The lowest BCUT2D eigenvalue weighted by Crippen LogP contribution is -2.33. The van der Waals surface area contributed by atoms with Crippen molar-refractivity contribution < 1.29 is 4.79 Å². The lowest BCUT2D eigenvalue weighted by Gasteiger charge is -2.25. The van der Waals surface area contributed by atoms with E-state index in [2.05, 4.69) is 69.2 Å². The molecule has 0 unspecified atom stereocenters. The van der Waals surface area contributed by atoms with Gasteiger partial charge in [-0.3, -0.25) is 4.79 Å². The third-order valence-electron chi connectivity index (χ3n) is 4.13. The second-order valence-corrected chi connectivity index (χ2v) is 8.76. The second kappa shape index (κ2) is 7.47. The van der Waals surface area contributed by atoms with Gasteiger partial charge in [-0.15, -0.1) is 11.3 Å². The topological polar surface area (TPSA) is 42.0 Å². The minimum absolute atomic E-state index is 0.0197. The van der Waals surface area contributed by atoms with Crippen molar-refractivity contribution in [1.82, 2.24) is 10.3 Å². The molecule has 0 aliphatic heterocycles. The number of nitrogens with one attached hydrogen (secondary N) is 1. The summed E-state index contributed by atoms with van der Waals surface area (Å²) in [6.07, 6.45) is 0.341. The van der Waals surface area contributed by atoms with Gasteiger partial charge in [-0.2, -0.15) is 0 Å². The van der Waals surface area contributed by atoms with Crippen molar-refractivity contribution in [3.05, 3.63) is 51.5 Å². The average Bonchev–Trinajstić information content (AvgIpc) is 2.89. The smallest absolute Gasteiger partial charge is 0.226 e. The van der Waals surface area contributed by atoms with Crippen molar-refractivity contribution in [1.29, 1.82) is 0 Å². The molecule has 0 radical (unpaired) electrons. The van der Waals surface area contributed by atoms with Gasteiger partial charge in [0.05, 0.1) is 23.2 Å². The number of nitrogens with zero attached hydrogens (tertiary/aromatic N) is 1. The third-order valence-corrected chi connectivity index (χ3v) is 4.95. The van der Waals surface area contributed by atoms with Crippen LogP contribution in [0.15, 0.2) is 29.6 Å². The second-order valence-electron chi connectivity index (χ2n) is 7.70. The van der Waals surface area contributed by atoms with Crippen LogP contribution in [0.5, 0.6) is 0 Å². The zero-order valence-electron chi connectivity index (χ0n) is 15.5. The Kier molecular flexibility index (Phi) is 5.81. The van der Waals surface area contributed by atoms with Crippen LogP contribution in [0.3, 0.4) is 0 Å². The zero-order chi connectivity index (χ0) is 17.9. The van der Waals surface area contributed by atoms with Gasteiger partial charge in [-0.1, -0.05) is 58.9 Å². The summed E-state index contributed by atoms with van der Waals surface area (Å²) in [7, 11) is 0. The maximum absolute atomic E-state index is 12.4. The number of carbonyl (C=O) groups is 1. The fourth-order valence-corrected chi connectivity index (χ4v) is 3.32. The molecule has 1 heterocycles. The van der Waals surface area contributed by atoms with Crippen molar-refractivity contribution in [3.8, 4) is 0 Å². The van der Waals surface area contributed by atoms with Gasteiger partial charge in [0, 0.05) is 5.38 Å². The van der Waals surface area contributed by atoms with Gasteiger partial charge in [-0.25, -0.2) is 4.98 Å².